The molecule has 9 heteroatoms. The molecule has 27 heavy (non-hydrogen) atoms. The van der Waals surface area contributed by atoms with Crippen LogP contribution in [-0.4, -0.2) is 28.6 Å². The number of nitro benzene ring substituents is 1. The van der Waals surface area contributed by atoms with Gasteiger partial charge in [0.2, 0.25) is 0 Å². The monoisotopic (exact) mass is 384 g/mol. The van der Waals surface area contributed by atoms with E-state index in [1.165, 1.54) is 24.4 Å². The quantitative estimate of drug-likeness (QED) is 0.303. The number of para-hydroxylation sites is 1. The molecule has 1 heterocycles. The van der Waals surface area contributed by atoms with Crippen LogP contribution in [0, 0.1) is 10.1 Å². The average Bonchev–Trinajstić information content (AvgIpc) is 2.67. The van der Waals surface area contributed by atoms with Crippen LogP contribution in [0.1, 0.15) is 5.56 Å². The van der Waals surface area contributed by atoms with Gasteiger partial charge in [0, 0.05) is 23.1 Å². The minimum absolute atomic E-state index is 0.0547. The predicted octanol–water partition coefficient (Wildman–Crippen LogP) is 3.33. The van der Waals surface area contributed by atoms with Gasteiger partial charge in [-0.3, -0.25) is 14.9 Å². The number of pyridine rings is 1. The van der Waals surface area contributed by atoms with Crippen molar-refractivity contribution in [2.24, 2.45) is 5.10 Å². The number of hydrogen-bond donors (Lipinski definition) is 1. The lowest BCUT2D eigenvalue weighted by Gasteiger charge is -2.04. The Balaban J connectivity index is 1.66. The van der Waals surface area contributed by atoms with Gasteiger partial charge < -0.3 is 4.74 Å². The highest BCUT2D eigenvalue weighted by molar-refractivity contribution is 6.32. The van der Waals surface area contributed by atoms with Crippen molar-refractivity contribution in [1.82, 2.24) is 10.4 Å². The Kier molecular flexibility index (Phi) is 5.58. The van der Waals surface area contributed by atoms with E-state index in [2.05, 4.69) is 15.5 Å². The molecule has 0 spiro atoms. The highest BCUT2D eigenvalue weighted by atomic mass is 35.5. The van der Waals surface area contributed by atoms with Crippen LogP contribution in [0.5, 0.6) is 5.75 Å². The van der Waals surface area contributed by atoms with E-state index < -0.39 is 10.8 Å². The highest BCUT2D eigenvalue weighted by Gasteiger charge is 2.09. The molecular formula is C18H13ClN4O4. The number of halogens is 1. The second-order valence-electron chi connectivity index (χ2n) is 5.40. The fourth-order valence-electron chi connectivity index (χ4n) is 2.23. The molecule has 3 aromatic rings. The molecule has 2 aromatic carbocycles. The maximum absolute atomic E-state index is 11.8. The number of carbonyl (C=O) groups is 1. The molecule has 0 bridgehead atoms. The molecule has 8 nitrogen and oxygen atoms in total. The van der Waals surface area contributed by atoms with Crippen molar-refractivity contribution in [1.29, 1.82) is 0 Å². The second kappa shape index (κ2) is 8.24. The SMILES string of the molecule is O=C(COc1ccccc1)N/N=C\c1cc2cc([N+](=O)[O-])ccc2nc1Cl. The van der Waals surface area contributed by atoms with E-state index in [9.17, 15) is 14.9 Å². The second-order valence-corrected chi connectivity index (χ2v) is 5.76. The van der Waals surface area contributed by atoms with Crippen molar-refractivity contribution in [3.8, 4) is 5.75 Å². The number of rotatable bonds is 6. The van der Waals surface area contributed by atoms with Crippen LogP contribution in [0.15, 0.2) is 59.7 Å². The maximum Gasteiger partial charge on any atom is 0.277 e. The summed E-state index contributed by atoms with van der Waals surface area (Å²) < 4.78 is 5.30. The van der Waals surface area contributed by atoms with Gasteiger partial charge in [-0.05, 0) is 24.3 Å². The van der Waals surface area contributed by atoms with Crippen LogP contribution in [0.4, 0.5) is 5.69 Å². The van der Waals surface area contributed by atoms with E-state index in [1.54, 1.807) is 30.3 Å². The Bertz CT molecular complexity index is 1020. The zero-order valence-electron chi connectivity index (χ0n) is 13.8. The number of nitro groups is 1. The van der Waals surface area contributed by atoms with Crippen LogP contribution < -0.4 is 10.2 Å². The van der Waals surface area contributed by atoms with Gasteiger partial charge in [0.1, 0.15) is 10.9 Å². The summed E-state index contributed by atoms with van der Waals surface area (Å²) in [4.78, 5) is 26.3. The van der Waals surface area contributed by atoms with Crippen molar-refractivity contribution < 1.29 is 14.5 Å². The molecule has 0 radical (unpaired) electrons. The number of ether oxygens (including phenoxy) is 1. The average molecular weight is 385 g/mol. The van der Waals surface area contributed by atoms with Gasteiger partial charge in [0.15, 0.2) is 6.61 Å². The summed E-state index contributed by atoms with van der Waals surface area (Å²) in [6, 6.07) is 14.8. The Hall–Kier alpha value is -3.52. The molecule has 0 saturated carbocycles. The number of nitrogens with zero attached hydrogens (tertiary/aromatic N) is 3. The molecule has 0 aliphatic carbocycles. The summed E-state index contributed by atoms with van der Waals surface area (Å²) in [6.07, 6.45) is 1.31. The van der Waals surface area contributed by atoms with Crippen LogP contribution >= 0.6 is 11.6 Å². The standard InChI is InChI=1S/C18H13ClN4O4/c19-18-13(8-12-9-14(23(25)26)6-7-16(12)21-18)10-20-22-17(24)11-27-15-4-2-1-3-5-15/h1-10H,11H2,(H,22,24)/b20-10-. The third-order valence-electron chi connectivity index (χ3n) is 3.50. The van der Waals surface area contributed by atoms with Crippen LogP contribution in [-0.2, 0) is 4.79 Å². The molecule has 0 unspecified atom stereocenters. The van der Waals surface area contributed by atoms with Gasteiger partial charge in [-0.15, -0.1) is 0 Å². The minimum atomic E-state index is -0.491. The zero-order chi connectivity index (χ0) is 19.2. The first-order valence-corrected chi connectivity index (χ1v) is 8.15. The lowest BCUT2D eigenvalue weighted by molar-refractivity contribution is -0.384. The van der Waals surface area contributed by atoms with Crippen LogP contribution in [0.2, 0.25) is 5.15 Å². The number of non-ortho nitro benzene ring substituents is 1. The smallest absolute Gasteiger partial charge is 0.277 e. The number of aromatic nitrogens is 1. The first-order chi connectivity index (χ1) is 13.0. The lowest BCUT2D eigenvalue weighted by Crippen LogP contribution is -2.24. The molecule has 0 fully saturated rings. The van der Waals surface area contributed by atoms with Crippen molar-refractivity contribution in [2.75, 3.05) is 6.61 Å². The molecule has 3 rings (SSSR count). The summed E-state index contributed by atoms with van der Waals surface area (Å²) in [5.74, 6) is 0.121. The fourth-order valence-corrected chi connectivity index (χ4v) is 2.43. The van der Waals surface area contributed by atoms with Crippen molar-refractivity contribution in [3.05, 3.63) is 75.4 Å². The first-order valence-electron chi connectivity index (χ1n) is 7.77. The molecule has 1 aromatic heterocycles. The lowest BCUT2D eigenvalue weighted by atomic mass is 10.1. The number of nitrogens with one attached hydrogen (secondary N) is 1. The minimum Gasteiger partial charge on any atom is -0.484 e. The fraction of sp³-hybridized carbons (Fsp3) is 0.0556. The van der Waals surface area contributed by atoms with E-state index in [4.69, 9.17) is 16.3 Å². The number of carbonyl (C=O) groups excluding carboxylic acids is 1. The van der Waals surface area contributed by atoms with Gasteiger partial charge in [-0.1, -0.05) is 29.8 Å². The molecular weight excluding hydrogens is 372 g/mol. The zero-order valence-corrected chi connectivity index (χ0v) is 14.6. The van der Waals surface area contributed by atoms with Crippen molar-refractivity contribution in [3.63, 3.8) is 0 Å². The van der Waals surface area contributed by atoms with Crippen LogP contribution in [0.25, 0.3) is 10.9 Å². The predicted molar refractivity (Wildman–Crippen MR) is 101 cm³/mol. The number of hydrogen-bond acceptors (Lipinski definition) is 6. The molecule has 1 N–H and O–H groups in total. The summed E-state index contributed by atoms with van der Waals surface area (Å²) in [5.41, 5.74) is 3.19. The van der Waals surface area contributed by atoms with Gasteiger partial charge in [0.05, 0.1) is 16.7 Å². The largest absolute Gasteiger partial charge is 0.484 e. The van der Waals surface area contributed by atoms with E-state index in [1.807, 2.05) is 6.07 Å². The Morgan fingerprint density at radius 1 is 1.26 bits per heavy atom. The number of benzene rings is 2. The van der Waals surface area contributed by atoms with Crippen molar-refractivity contribution in [2.45, 2.75) is 0 Å². The molecule has 0 saturated heterocycles. The normalized spacial score (nSPS) is 10.9. The van der Waals surface area contributed by atoms with Crippen molar-refractivity contribution >= 4 is 40.3 Å². The van der Waals surface area contributed by atoms with Gasteiger partial charge in [0.25, 0.3) is 11.6 Å². The first kappa shape index (κ1) is 18.3. The van der Waals surface area contributed by atoms with Crippen LogP contribution in [0.3, 0.4) is 0 Å². The summed E-state index contributed by atoms with van der Waals surface area (Å²) in [5, 5.41) is 15.4. The van der Waals surface area contributed by atoms with E-state index in [0.717, 1.165) is 0 Å². The molecule has 1 amide bonds. The summed E-state index contributed by atoms with van der Waals surface area (Å²) in [6.45, 7) is -0.197. The van der Waals surface area contributed by atoms with Gasteiger partial charge in [-0.25, -0.2) is 10.4 Å². The summed E-state index contributed by atoms with van der Waals surface area (Å²) in [7, 11) is 0. The third-order valence-corrected chi connectivity index (χ3v) is 3.80. The van der Waals surface area contributed by atoms with E-state index in [-0.39, 0.29) is 17.4 Å². The number of hydrazone groups is 1. The Labute approximate surface area is 158 Å². The van der Waals surface area contributed by atoms with Gasteiger partial charge in [-0.2, -0.15) is 5.10 Å². The number of amides is 1. The molecule has 0 aliphatic heterocycles. The number of fused-ring (bicyclic) bond motifs is 1. The molecule has 136 valence electrons. The molecule has 0 atom stereocenters. The Morgan fingerprint density at radius 3 is 2.78 bits per heavy atom. The summed E-state index contributed by atoms with van der Waals surface area (Å²) >= 11 is 6.09. The van der Waals surface area contributed by atoms with E-state index in [0.29, 0.717) is 22.2 Å². The maximum atomic E-state index is 11.8. The topological polar surface area (TPSA) is 107 Å². The molecule has 0 aliphatic rings. The van der Waals surface area contributed by atoms with E-state index >= 15 is 0 Å². The highest BCUT2D eigenvalue weighted by Crippen LogP contribution is 2.23. The third kappa shape index (κ3) is 4.77. The van der Waals surface area contributed by atoms with Gasteiger partial charge >= 0.3 is 0 Å². The Morgan fingerprint density at radius 2 is 2.04 bits per heavy atom.